The first-order chi connectivity index (χ1) is 5.38. The number of thiophene rings is 1. The van der Waals surface area contributed by atoms with Gasteiger partial charge in [-0.3, -0.25) is 4.79 Å². The molecular weight excluding hydrogens is 164 g/mol. The van der Waals surface area contributed by atoms with Crippen LogP contribution in [0.3, 0.4) is 0 Å². The number of hydrogen-bond donors (Lipinski definition) is 0. The van der Waals surface area contributed by atoms with Crippen LogP contribution in [0.4, 0.5) is 0 Å². The minimum absolute atomic E-state index is 0.466. The first-order valence-corrected chi connectivity index (χ1v) is 4.08. The van der Waals surface area contributed by atoms with E-state index in [-0.39, 0.29) is 0 Å². The van der Waals surface area contributed by atoms with Gasteiger partial charge in [0.25, 0.3) is 0 Å². The van der Waals surface area contributed by atoms with Crippen molar-refractivity contribution in [3.05, 3.63) is 16.3 Å². The summed E-state index contributed by atoms with van der Waals surface area (Å²) in [6.45, 7) is 2.28. The third-order valence-corrected chi connectivity index (χ3v) is 1.85. The molecule has 1 heterocycles. The Morgan fingerprint density at radius 2 is 2.55 bits per heavy atom. The summed E-state index contributed by atoms with van der Waals surface area (Å²) in [5.74, 6) is 0.492. The molecule has 1 aromatic heterocycles. The van der Waals surface area contributed by atoms with Crippen LogP contribution in [0.15, 0.2) is 11.4 Å². The number of aldehydes is 1. The zero-order chi connectivity index (χ0) is 8.10. The largest absolute Gasteiger partial charge is 0.336 e. The van der Waals surface area contributed by atoms with Crippen molar-refractivity contribution in [2.24, 2.45) is 0 Å². The Labute approximate surface area is 68.5 Å². The molecule has 0 radical (unpaired) electrons. The van der Waals surface area contributed by atoms with Gasteiger partial charge in [0.15, 0.2) is 12.0 Å². The van der Waals surface area contributed by atoms with Crippen LogP contribution in [0.2, 0.25) is 0 Å². The summed E-state index contributed by atoms with van der Waals surface area (Å²) in [4.78, 5) is 20.3. The molecule has 0 unspecified atom stereocenters. The smallest absolute Gasteiger partial charge is 0.186 e. The highest BCUT2D eigenvalue weighted by Crippen LogP contribution is 2.22. The lowest BCUT2D eigenvalue weighted by molar-refractivity contribution is -0.201. The van der Waals surface area contributed by atoms with Gasteiger partial charge >= 0.3 is 0 Å². The molecule has 0 atom stereocenters. The Hall–Kier alpha value is -0.870. The van der Waals surface area contributed by atoms with E-state index in [1.54, 1.807) is 11.4 Å². The summed E-state index contributed by atoms with van der Waals surface area (Å²) < 4.78 is 0. The van der Waals surface area contributed by atoms with E-state index in [9.17, 15) is 4.79 Å². The van der Waals surface area contributed by atoms with E-state index < -0.39 is 0 Å². The maximum absolute atomic E-state index is 10.3. The molecule has 0 aliphatic heterocycles. The van der Waals surface area contributed by atoms with Crippen molar-refractivity contribution in [2.75, 3.05) is 6.61 Å². The minimum Gasteiger partial charge on any atom is -0.336 e. The van der Waals surface area contributed by atoms with Crippen molar-refractivity contribution in [1.82, 2.24) is 0 Å². The van der Waals surface area contributed by atoms with E-state index in [4.69, 9.17) is 4.89 Å². The van der Waals surface area contributed by atoms with Crippen LogP contribution in [0.25, 0.3) is 0 Å². The topological polar surface area (TPSA) is 35.5 Å². The average molecular weight is 172 g/mol. The zero-order valence-corrected chi connectivity index (χ0v) is 6.89. The Bertz CT molecular complexity index is 231. The van der Waals surface area contributed by atoms with Gasteiger partial charge in [0.2, 0.25) is 0 Å². The molecule has 60 valence electrons. The van der Waals surface area contributed by atoms with Crippen LogP contribution in [0, 0.1) is 0 Å². The summed E-state index contributed by atoms with van der Waals surface area (Å²) in [7, 11) is 0. The number of rotatable bonds is 4. The molecule has 0 fully saturated rings. The Kier molecular flexibility index (Phi) is 3.07. The summed E-state index contributed by atoms with van der Waals surface area (Å²) >= 11 is 1.33. The normalized spacial score (nSPS) is 9.55. The van der Waals surface area contributed by atoms with Gasteiger partial charge in [0.05, 0.1) is 6.61 Å². The van der Waals surface area contributed by atoms with E-state index in [1.807, 2.05) is 6.92 Å². The highest BCUT2D eigenvalue weighted by molar-refractivity contribution is 7.12. The second kappa shape index (κ2) is 4.10. The van der Waals surface area contributed by atoms with Crippen molar-refractivity contribution in [1.29, 1.82) is 0 Å². The van der Waals surface area contributed by atoms with E-state index >= 15 is 0 Å². The zero-order valence-electron chi connectivity index (χ0n) is 6.07. The molecule has 3 nitrogen and oxygen atoms in total. The predicted molar refractivity (Wildman–Crippen MR) is 42.0 cm³/mol. The first-order valence-electron chi connectivity index (χ1n) is 3.20. The van der Waals surface area contributed by atoms with Gasteiger partial charge in [-0.05, 0) is 18.4 Å². The molecule has 0 bridgehead atoms. The molecule has 1 aromatic rings. The maximum atomic E-state index is 10.3. The van der Waals surface area contributed by atoms with Crippen LogP contribution in [0.1, 0.15) is 16.6 Å². The minimum atomic E-state index is 0.466. The fraction of sp³-hybridized carbons (Fsp3) is 0.286. The van der Waals surface area contributed by atoms with Gasteiger partial charge in [-0.2, -0.15) is 4.89 Å². The SMILES string of the molecule is CCOOc1ccsc1C=O. The van der Waals surface area contributed by atoms with Crippen molar-refractivity contribution in [3.8, 4) is 5.75 Å². The second-order valence-corrected chi connectivity index (χ2v) is 2.70. The van der Waals surface area contributed by atoms with Crippen molar-refractivity contribution < 1.29 is 14.6 Å². The molecule has 0 N–H and O–H groups in total. The molecule has 0 saturated heterocycles. The third kappa shape index (κ3) is 2.03. The van der Waals surface area contributed by atoms with E-state index in [2.05, 4.69) is 4.89 Å². The van der Waals surface area contributed by atoms with Crippen LogP contribution < -0.4 is 4.89 Å². The third-order valence-electron chi connectivity index (χ3n) is 1.03. The van der Waals surface area contributed by atoms with Crippen molar-refractivity contribution >= 4 is 17.6 Å². The molecule has 1 rings (SSSR count). The van der Waals surface area contributed by atoms with Crippen LogP contribution in [-0.2, 0) is 4.89 Å². The predicted octanol–water partition coefficient (Wildman–Crippen LogP) is 1.89. The van der Waals surface area contributed by atoms with Gasteiger partial charge < -0.3 is 4.89 Å². The molecule has 0 aromatic carbocycles. The maximum Gasteiger partial charge on any atom is 0.186 e. The Morgan fingerprint density at radius 3 is 3.18 bits per heavy atom. The molecule has 0 aliphatic carbocycles. The molecule has 0 spiro atoms. The quantitative estimate of drug-likeness (QED) is 0.395. The molecular formula is C7H8O3S. The van der Waals surface area contributed by atoms with Gasteiger partial charge in [0.1, 0.15) is 4.88 Å². The van der Waals surface area contributed by atoms with E-state index in [0.717, 1.165) is 6.29 Å². The molecule has 11 heavy (non-hydrogen) atoms. The van der Waals surface area contributed by atoms with Gasteiger partial charge in [0, 0.05) is 0 Å². The molecule has 0 amide bonds. The van der Waals surface area contributed by atoms with E-state index in [0.29, 0.717) is 17.2 Å². The highest BCUT2D eigenvalue weighted by atomic mass is 32.1. The Balaban J connectivity index is 2.61. The fourth-order valence-electron chi connectivity index (χ4n) is 0.586. The standard InChI is InChI=1S/C7H8O3S/c1-2-9-10-6-3-4-11-7(6)5-8/h3-5H,2H2,1H3. The summed E-state index contributed by atoms with van der Waals surface area (Å²) in [5.41, 5.74) is 0. The highest BCUT2D eigenvalue weighted by Gasteiger charge is 2.03. The van der Waals surface area contributed by atoms with Gasteiger partial charge in [-0.1, -0.05) is 0 Å². The lowest BCUT2D eigenvalue weighted by Gasteiger charge is -1.98. The second-order valence-electron chi connectivity index (χ2n) is 1.76. The summed E-state index contributed by atoms with van der Waals surface area (Å²) in [5, 5.41) is 1.78. The molecule has 0 aliphatic rings. The molecule has 0 saturated carbocycles. The van der Waals surface area contributed by atoms with Crippen molar-refractivity contribution in [3.63, 3.8) is 0 Å². The lowest BCUT2D eigenvalue weighted by Crippen LogP contribution is -1.95. The lowest BCUT2D eigenvalue weighted by atomic mass is 10.5. The number of hydrogen-bond acceptors (Lipinski definition) is 4. The monoisotopic (exact) mass is 172 g/mol. The summed E-state index contributed by atoms with van der Waals surface area (Å²) in [6.07, 6.45) is 0.749. The molecule has 4 heteroatoms. The fourth-order valence-corrected chi connectivity index (χ4v) is 1.20. The number of carbonyl (C=O) groups excluding carboxylic acids is 1. The van der Waals surface area contributed by atoms with Gasteiger partial charge in [-0.15, -0.1) is 11.3 Å². The van der Waals surface area contributed by atoms with Gasteiger partial charge in [-0.25, -0.2) is 0 Å². The number of carbonyl (C=O) groups is 1. The van der Waals surface area contributed by atoms with Crippen LogP contribution >= 0.6 is 11.3 Å². The average Bonchev–Trinajstić information content (AvgIpc) is 2.47. The summed E-state index contributed by atoms with van der Waals surface area (Å²) in [6, 6.07) is 1.70. The van der Waals surface area contributed by atoms with E-state index in [1.165, 1.54) is 11.3 Å². The van der Waals surface area contributed by atoms with Crippen molar-refractivity contribution in [2.45, 2.75) is 6.92 Å². The van der Waals surface area contributed by atoms with Crippen LogP contribution in [0.5, 0.6) is 5.75 Å². The first kappa shape index (κ1) is 8.23. The van der Waals surface area contributed by atoms with Crippen LogP contribution in [-0.4, -0.2) is 12.9 Å². The Morgan fingerprint density at radius 1 is 1.73 bits per heavy atom.